The molecule has 0 radical (unpaired) electrons. The summed E-state index contributed by atoms with van der Waals surface area (Å²) in [6.07, 6.45) is -2.55. The van der Waals surface area contributed by atoms with Crippen molar-refractivity contribution in [1.29, 1.82) is 0 Å². The first-order valence-corrected chi connectivity index (χ1v) is 10.4. The molecule has 0 saturated carbocycles. The Morgan fingerprint density at radius 3 is 2.40 bits per heavy atom. The van der Waals surface area contributed by atoms with Gasteiger partial charge in [-0.15, -0.1) is 0 Å². The summed E-state index contributed by atoms with van der Waals surface area (Å²) in [5.41, 5.74) is 0. The van der Waals surface area contributed by atoms with E-state index in [0.717, 1.165) is 0 Å². The van der Waals surface area contributed by atoms with E-state index >= 15 is 0 Å². The Hall–Kier alpha value is -1.13. The molecule has 0 aromatic heterocycles. The third-order valence-electron chi connectivity index (χ3n) is 4.90. The molecular weight excluding hydrogens is 439 g/mol. The SMILES string of the molecule is CC1(C)OC2OC(COC(=O)COc3ccc(Cl)cc3Cl)C3OC(C)(C)OC3C2O1. The molecule has 3 aliphatic heterocycles. The number of esters is 1. The molecule has 0 bridgehead atoms. The van der Waals surface area contributed by atoms with E-state index in [2.05, 4.69) is 0 Å². The Labute approximate surface area is 184 Å². The quantitative estimate of drug-likeness (QED) is 0.616. The summed E-state index contributed by atoms with van der Waals surface area (Å²) < 4.78 is 40.5. The van der Waals surface area contributed by atoms with Gasteiger partial charge in [0.15, 0.2) is 24.5 Å². The summed E-state index contributed by atoms with van der Waals surface area (Å²) in [5, 5.41) is 0.778. The van der Waals surface area contributed by atoms with Gasteiger partial charge in [0.1, 0.15) is 36.8 Å². The molecule has 4 rings (SSSR count). The van der Waals surface area contributed by atoms with Crippen LogP contribution in [0.15, 0.2) is 18.2 Å². The van der Waals surface area contributed by atoms with Crippen molar-refractivity contribution < 1.29 is 38.0 Å². The Balaban J connectivity index is 1.36. The van der Waals surface area contributed by atoms with Crippen LogP contribution in [-0.2, 0) is 33.2 Å². The minimum Gasteiger partial charge on any atom is -0.480 e. The van der Waals surface area contributed by atoms with E-state index in [1.165, 1.54) is 6.07 Å². The summed E-state index contributed by atoms with van der Waals surface area (Å²) in [6.45, 7) is 6.87. The van der Waals surface area contributed by atoms with Crippen molar-refractivity contribution in [1.82, 2.24) is 0 Å². The fourth-order valence-electron chi connectivity index (χ4n) is 3.77. The second-order valence-electron chi connectivity index (χ2n) is 8.25. The van der Waals surface area contributed by atoms with Gasteiger partial charge in [0, 0.05) is 5.02 Å². The molecule has 0 amide bonds. The minimum absolute atomic E-state index is 0.0514. The van der Waals surface area contributed by atoms with Crippen LogP contribution >= 0.6 is 23.2 Å². The van der Waals surface area contributed by atoms with Gasteiger partial charge < -0.3 is 33.2 Å². The first-order chi connectivity index (χ1) is 14.0. The molecule has 5 unspecified atom stereocenters. The lowest BCUT2D eigenvalue weighted by atomic mass is 9.99. The van der Waals surface area contributed by atoms with Crippen LogP contribution in [0.1, 0.15) is 27.7 Å². The third kappa shape index (κ3) is 4.70. The first kappa shape index (κ1) is 22.1. The number of rotatable bonds is 5. The number of ether oxygens (including phenoxy) is 7. The van der Waals surface area contributed by atoms with Crippen molar-refractivity contribution in [3.05, 3.63) is 28.2 Å². The molecule has 1 aromatic carbocycles. The molecule has 8 nitrogen and oxygen atoms in total. The predicted molar refractivity (Wildman–Crippen MR) is 105 cm³/mol. The van der Waals surface area contributed by atoms with E-state index in [1.807, 2.05) is 13.8 Å². The van der Waals surface area contributed by atoms with Crippen molar-refractivity contribution in [3.63, 3.8) is 0 Å². The summed E-state index contributed by atoms with van der Waals surface area (Å²) in [4.78, 5) is 12.2. The van der Waals surface area contributed by atoms with Crippen LogP contribution in [0.25, 0.3) is 0 Å². The molecular formula is C20H24Cl2O8. The Bertz CT molecular complexity index is 814. The lowest BCUT2D eigenvalue weighted by Crippen LogP contribution is -2.56. The van der Waals surface area contributed by atoms with Crippen molar-refractivity contribution in [2.45, 2.75) is 70.0 Å². The van der Waals surface area contributed by atoms with Crippen molar-refractivity contribution in [3.8, 4) is 5.75 Å². The number of hydrogen-bond acceptors (Lipinski definition) is 8. The summed E-state index contributed by atoms with van der Waals surface area (Å²) in [5.74, 6) is -1.87. The van der Waals surface area contributed by atoms with Crippen LogP contribution in [0.5, 0.6) is 5.75 Å². The molecule has 5 atom stereocenters. The van der Waals surface area contributed by atoms with Gasteiger partial charge in [-0.3, -0.25) is 0 Å². The van der Waals surface area contributed by atoms with Gasteiger partial charge >= 0.3 is 5.97 Å². The first-order valence-electron chi connectivity index (χ1n) is 9.63. The normalized spacial score (nSPS) is 33.6. The molecule has 166 valence electrons. The van der Waals surface area contributed by atoms with Gasteiger partial charge in [-0.25, -0.2) is 4.79 Å². The predicted octanol–water partition coefficient (Wildman–Crippen LogP) is 3.31. The molecule has 3 aliphatic rings. The van der Waals surface area contributed by atoms with Crippen LogP contribution in [0.4, 0.5) is 0 Å². The largest absolute Gasteiger partial charge is 0.480 e. The second kappa shape index (κ2) is 8.09. The lowest BCUT2D eigenvalue weighted by molar-refractivity contribution is -0.242. The fourth-order valence-corrected chi connectivity index (χ4v) is 4.24. The highest BCUT2D eigenvalue weighted by atomic mass is 35.5. The smallest absolute Gasteiger partial charge is 0.344 e. The highest BCUT2D eigenvalue weighted by molar-refractivity contribution is 6.35. The number of carbonyl (C=O) groups is 1. The van der Waals surface area contributed by atoms with Gasteiger partial charge in [0.2, 0.25) is 0 Å². The van der Waals surface area contributed by atoms with Gasteiger partial charge in [0.05, 0.1) is 5.02 Å². The van der Waals surface area contributed by atoms with Gasteiger partial charge in [-0.1, -0.05) is 23.2 Å². The Morgan fingerprint density at radius 2 is 1.67 bits per heavy atom. The van der Waals surface area contributed by atoms with Crippen LogP contribution < -0.4 is 4.74 Å². The summed E-state index contributed by atoms with van der Waals surface area (Å²) in [6, 6.07) is 4.73. The van der Waals surface area contributed by atoms with E-state index in [0.29, 0.717) is 15.8 Å². The van der Waals surface area contributed by atoms with Crippen molar-refractivity contribution >= 4 is 29.2 Å². The third-order valence-corrected chi connectivity index (χ3v) is 5.43. The van der Waals surface area contributed by atoms with Gasteiger partial charge in [-0.2, -0.15) is 0 Å². The Kier molecular flexibility index (Phi) is 5.95. The van der Waals surface area contributed by atoms with Crippen LogP contribution in [0, 0.1) is 0 Å². The number of fused-ring (bicyclic) bond motifs is 3. The van der Waals surface area contributed by atoms with Crippen LogP contribution in [-0.4, -0.2) is 61.5 Å². The fraction of sp³-hybridized carbons (Fsp3) is 0.650. The number of hydrogen-bond donors (Lipinski definition) is 0. The average Bonchev–Trinajstić information content (AvgIpc) is 3.13. The Morgan fingerprint density at radius 1 is 1.00 bits per heavy atom. The highest BCUT2D eigenvalue weighted by Gasteiger charge is 2.60. The number of carbonyl (C=O) groups excluding carboxylic acids is 1. The van der Waals surface area contributed by atoms with E-state index in [4.69, 9.17) is 56.4 Å². The monoisotopic (exact) mass is 462 g/mol. The summed E-state index contributed by atoms with van der Waals surface area (Å²) >= 11 is 11.9. The molecule has 3 saturated heterocycles. The zero-order valence-corrected chi connectivity index (χ0v) is 18.6. The number of halogens is 2. The minimum atomic E-state index is -0.819. The van der Waals surface area contributed by atoms with Crippen molar-refractivity contribution in [2.24, 2.45) is 0 Å². The molecule has 30 heavy (non-hydrogen) atoms. The maximum atomic E-state index is 12.2. The maximum absolute atomic E-state index is 12.2. The maximum Gasteiger partial charge on any atom is 0.344 e. The van der Waals surface area contributed by atoms with Gasteiger partial charge in [-0.05, 0) is 45.9 Å². The number of benzene rings is 1. The molecule has 0 aliphatic carbocycles. The standard InChI is InChI=1S/C20H24Cl2O8/c1-19(2)27-15-13(26-18-17(16(15)28-19)29-20(3,4)30-18)8-25-14(23)9-24-12-6-5-10(21)7-11(12)22/h5-7,13,15-18H,8-9H2,1-4H3. The molecule has 3 heterocycles. The van der Waals surface area contributed by atoms with E-state index in [9.17, 15) is 4.79 Å². The van der Waals surface area contributed by atoms with Crippen LogP contribution in [0.2, 0.25) is 10.0 Å². The van der Waals surface area contributed by atoms with Crippen molar-refractivity contribution in [2.75, 3.05) is 13.2 Å². The second-order valence-corrected chi connectivity index (χ2v) is 9.10. The zero-order valence-electron chi connectivity index (χ0n) is 17.1. The van der Waals surface area contributed by atoms with E-state index < -0.39 is 48.2 Å². The molecule has 0 N–H and O–H groups in total. The van der Waals surface area contributed by atoms with Gasteiger partial charge in [0.25, 0.3) is 0 Å². The lowest BCUT2D eigenvalue weighted by Gasteiger charge is -2.36. The molecule has 1 aromatic rings. The van der Waals surface area contributed by atoms with E-state index in [1.54, 1.807) is 26.0 Å². The molecule has 10 heteroatoms. The van der Waals surface area contributed by atoms with E-state index in [-0.39, 0.29) is 13.2 Å². The summed E-state index contributed by atoms with van der Waals surface area (Å²) in [7, 11) is 0. The molecule has 0 spiro atoms. The highest BCUT2D eigenvalue weighted by Crippen LogP contribution is 2.44. The van der Waals surface area contributed by atoms with Crippen LogP contribution in [0.3, 0.4) is 0 Å². The molecule has 3 fully saturated rings. The topological polar surface area (TPSA) is 81.7 Å². The zero-order chi connectivity index (χ0) is 21.7. The average molecular weight is 463 g/mol.